The van der Waals surface area contributed by atoms with E-state index in [-0.39, 0.29) is 0 Å². The molecule has 4 heteroatoms. The molecular weight excluding hydrogens is 202 g/mol. The van der Waals surface area contributed by atoms with E-state index in [1.807, 2.05) is 25.4 Å². The molecule has 16 heavy (non-hydrogen) atoms. The smallest absolute Gasteiger partial charge is 0.149 e. The highest BCUT2D eigenvalue weighted by atomic mass is 16.5. The van der Waals surface area contributed by atoms with Crippen LogP contribution >= 0.6 is 0 Å². The number of nitrogens with zero attached hydrogens (tertiary/aromatic N) is 2. The molecular formula is C12H13N3O. The Bertz CT molecular complexity index is 575. The van der Waals surface area contributed by atoms with Crippen LogP contribution in [0, 0.1) is 11.8 Å². The average molecular weight is 215 g/mol. The van der Waals surface area contributed by atoms with E-state index in [1.165, 1.54) is 0 Å². The Labute approximate surface area is 94.0 Å². The van der Waals surface area contributed by atoms with Gasteiger partial charge in [0.15, 0.2) is 0 Å². The summed E-state index contributed by atoms with van der Waals surface area (Å²) in [5.74, 6) is 6.22. The van der Waals surface area contributed by atoms with Crippen molar-refractivity contribution >= 4 is 16.6 Å². The minimum Gasteiger partial charge on any atom is -0.479 e. The third kappa shape index (κ3) is 1.94. The molecule has 0 aliphatic rings. The van der Waals surface area contributed by atoms with E-state index in [1.54, 1.807) is 11.6 Å². The second-order valence-electron chi connectivity index (χ2n) is 3.47. The molecule has 1 aromatic heterocycles. The second kappa shape index (κ2) is 4.15. The van der Waals surface area contributed by atoms with Crippen LogP contribution in [0.3, 0.4) is 0 Å². The zero-order valence-corrected chi connectivity index (χ0v) is 9.32. The predicted octanol–water partition coefficient (Wildman–Crippen LogP) is 1.56. The normalized spacial score (nSPS) is 9.88. The van der Waals surface area contributed by atoms with Crippen molar-refractivity contribution in [3.05, 3.63) is 18.3 Å². The van der Waals surface area contributed by atoms with Crippen LogP contribution in [-0.2, 0) is 7.05 Å². The summed E-state index contributed by atoms with van der Waals surface area (Å²) in [5, 5.41) is 5.30. The number of benzene rings is 1. The summed E-state index contributed by atoms with van der Waals surface area (Å²) in [5.41, 5.74) is 7.35. The van der Waals surface area contributed by atoms with E-state index >= 15 is 0 Å². The summed E-state index contributed by atoms with van der Waals surface area (Å²) >= 11 is 0. The number of aryl methyl sites for hydroxylation is 1. The van der Waals surface area contributed by atoms with Crippen molar-refractivity contribution in [3.63, 3.8) is 0 Å². The first-order valence-corrected chi connectivity index (χ1v) is 4.96. The van der Waals surface area contributed by atoms with Crippen molar-refractivity contribution in [2.45, 2.75) is 6.92 Å². The maximum Gasteiger partial charge on any atom is 0.149 e. The third-order valence-corrected chi connectivity index (χ3v) is 2.23. The van der Waals surface area contributed by atoms with Gasteiger partial charge in [0, 0.05) is 24.7 Å². The molecule has 82 valence electrons. The van der Waals surface area contributed by atoms with Crippen LogP contribution in [0.2, 0.25) is 0 Å². The molecule has 0 amide bonds. The molecule has 0 radical (unpaired) electrons. The van der Waals surface area contributed by atoms with Gasteiger partial charge in [-0.2, -0.15) is 5.10 Å². The van der Waals surface area contributed by atoms with Crippen LogP contribution in [0.25, 0.3) is 10.9 Å². The Morgan fingerprint density at radius 2 is 2.31 bits per heavy atom. The summed E-state index contributed by atoms with van der Waals surface area (Å²) in [6.07, 6.45) is 1.92. The van der Waals surface area contributed by atoms with Gasteiger partial charge in [-0.3, -0.25) is 4.68 Å². The molecule has 0 unspecified atom stereocenters. The molecule has 0 fully saturated rings. The van der Waals surface area contributed by atoms with Gasteiger partial charge in [-0.1, -0.05) is 5.92 Å². The van der Waals surface area contributed by atoms with Gasteiger partial charge in [-0.25, -0.2) is 0 Å². The van der Waals surface area contributed by atoms with Crippen LogP contribution in [0.15, 0.2) is 18.3 Å². The zero-order chi connectivity index (χ0) is 11.5. The van der Waals surface area contributed by atoms with Gasteiger partial charge in [-0.05, 0) is 13.0 Å². The van der Waals surface area contributed by atoms with Crippen molar-refractivity contribution in [1.82, 2.24) is 9.78 Å². The molecule has 2 N–H and O–H groups in total. The fourth-order valence-corrected chi connectivity index (χ4v) is 1.50. The van der Waals surface area contributed by atoms with Crippen molar-refractivity contribution in [3.8, 4) is 17.6 Å². The maximum atomic E-state index is 5.87. The zero-order valence-electron chi connectivity index (χ0n) is 9.32. The van der Waals surface area contributed by atoms with Crippen LogP contribution in [0.1, 0.15) is 6.92 Å². The molecule has 2 aromatic rings. The van der Waals surface area contributed by atoms with Crippen molar-refractivity contribution < 1.29 is 4.74 Å². The highest BCUT2D eigenvalue weighted by Crippen LogP contribution is 2.27. The quantitative estimate of drug-likeness (QED) is 0.611. The number of nitrogen functional groups attached to an aromatic ring is 1. The fourth-order valence-electron chi connectivity index (χ4n) is 1.50. The third-order valence-electron chi connectivity index (χ3n) is 2.23. The first-order chi connectivity index (χ1) is 7.70. The molecule has 0 aliphatic heterocycles. The molecule has 0 saturated carbocycles. The van der Waals surface area contributed by atoms with Crippen LogP contribution in [0.5, 0.6) is 5.75 Å². The molecule has 2 rings (SSSR count). The fraction of sp³-hybridized carbons (Fsp3) is 0.250. The summed E-state index contributed by atoms with van der Waals surface area (Å²) < 4.78 is 7.20. The summed E-state index contributed by atoms with van der Waals surface area (Å²) in [6, 6.07) is 3.69. The minimum absolute atomic E-state index is 0.346. The van der Waals surface area contributed by atoms with Crippen LogP contribution < -0.4 is 10.5 Å². The molecule has 0 bridgehead atoms. The van der Waals surface area contributed by atoms with E-state index in [0.717, 1.165) is 10.9 Å². The molecule has 1 heterocycles. The number of hydrogen-bond donors (Lipinski definition) is 1. The summed E-state index contributed by atoms with van der Waals surface area (Å²) in [7, 11) is 1.87. The Morgan fingerprint density at radius 3 is 3.06 bits per heavy atom. The summed E-state index contributed by atoms with van der Waals surface area (Å²) in [4.78, 5) is 0. The molecule has 0 aliphatic carbocycles. The van der Waals surface area contributed by atoms with E-state index in [0.29, 0.717) is 18.0 Å². The second-order valence-corrected chi connectivity index (χ2v) is 3.47. The largest absolute Gasteiger partial charge is 0.479 e. The first-order valence-electron chi connectivity index (χ1n) is 4.96. The van der Waals surface area contributed by atoms with E-state index in [4.69, 9.17) is 10.5 Å². The van der Waals surface area contributed by atoms with E-state index in [2.05, 4.69) is 16.9 Å². The Morgan fingerprint density at radius 1 is 1.50 bits per heavy atom. The van der Waals surface area contributed by atoms with Crippen molar-refractivity contribution in [1.29, 1.82) is 0 Å². The van der Waals surface area contributed by atoms with Gasteiger partial charge in [0.05, 0.1) is 11.2 Å². The van der Waals surface area contributed by atoms with Gasteiger partial charge in [0.25, 0.3) is 0 Å². The molecule has 0 atom stereocenters. The number of anilines is 1. The molecule has 0 saturated heterocycles. The highest BCUT2D eigenvalue weighted by molar-refractivity contribution is 5.84. The van der Waals surface area contributed by atoms with E-state index in [9.17, 15) is 0 Å². The number of ether oxygens (including phenoxy) is 1. The molecule has 1 aromatic carbocycles. The van der Waals surface area contributed by atoms with Gasteiger partial charge >= 0.3 is 0 Å². The monoisotopic (exact) mass is 215 g/mol. The van der Waals surface area contributed by atoms with Crippen molar-refractivity contribution in [2.75, 3.05) is 12.3 Å². The topological polar surface area (TPSA) is 53.1 Å². The SMILES string of the molecule is CC#CCOc1cc2nn(C)cc2cc1N. The average Bonchev–Trinajstić information content (AvgIpc) is 2.58. The number of hydrogen-bond acceptors (Lipinski definition) is 3. The lowest BCUT2D eigenvalue weighted by Crippen LogP contribution is -1.98. The van der Waals surface area contributed by atoms with Crippen LogP contribution in [-0.4, -0.2) is 16.4 Å². The van der Waals surface area contributed by atoms with Gasteiger partial charge < -0.3 is 10.5 Å². The lowest BCUT2D eigenvalue weighted by molar-refractivity contribution is 0.372. The molecule has 0 spiro atoms. The van der Waals surface area contributed by atoms with Gasteiger partial charge in [0.1, 0.15) is 12.4 Å². The lowest BCUT2D eigenvalue weighted by atomic mass is 10.2. The predicted molar refractivity (Wildman–Crippen MR) is 64.1 cm³/mol. The Hall–Kier alpha value is -2.15. The number of fused-ring (bicyclic) bond motifs is 1. The van der Waals surface area contributed by atoms with Crippen LogP contribution in [0.4, 0.5) is 5.69 Å². The Balaban J connectivity index is 2.36. The summed E-state index contributed by atoms with van der Waals surface area (Å²) in [6.45, 7) is 2.12. The number of aromatic nitrogens is 2. The highest BCUT2D eigenvalue weighted by Gasteiger charge is 2.05. The lowest BCUT2D eigenvalue weighted by Gasteiger charge is -2.05. The Kier molecular flexibility index (Phi) is 2.69. The number of rotatable bonds is 2. The minimum atomic E-state index is 0.346. The first kappa shape index (κ1) is 10.4. The van der Waals surface area contributed by atoms with Gasteiger partial charge in [-0.15, -0.1) is 5.92 Å². The maximum absolute atomic E-state index is 5.87. The number of nitrogens with two attached hydrogens (primary N) is 1. The molecule has 4 nitrogen and oxygen atoms in total. The van der Waals surface area contributed by atoms with E-state index < -0.39 is 0 Å². The van der Waals surface area contributed by atoms with Gasteiger partial charge in [0.2, 0.25) is 0 Å². The standard InChI is InChI=1S/C12H13N3O/c1-3-4-5-16-12-7-11-9(6-10(12)13)8-15(2)14-11/h6-8H,5,13H2,1-2H3. The van der Waals surface area contributed by atoms with Crippen molar-refractivity contribution in [2.24, 2.45) is 7.05 Å².